The zero-order chi connectivity index (χ0) is 20.0. The summed E-state index contributed by atoms with van der Waals surface area (Å²) in [6.07, 6.45) is 0. The van der Waals surface area contributed by atoms with Crippen LogP contribution in [-0.4, -0.2) is 21.0 Å². The van der Waals surface area contributed by atoms with Gasteiger partial charge in [-0.2, -0.15) is 0 Å². The van der Waals surface area contributed by atoms with Crippen LogP contribution in [0.25, 0.3) is 0 Å². The molecule has 0 aliphatic rings. The third-order valence-electron chi connectivity index (χ3n) is 3.89. The summed E-state index contributed by atoms with van der Waals surface area (Å²) in [6.45, 7) is 2.05. The van der Waals surface area contributed by atoms with Crippen LogP contribution < -0.4 is 10.0 Å². The second-order valence-corrected chi connectivity index (χ2v) is 7.57. The van der Waals surface area contributed by atoms with Gasteiger partial charge in [-0.3, -0.25) is 4.72 Å². The lowest BCUT2D eigenvalue weighted by Crippen LogP contribution is -2.12. The van der Waals surface area contributed by atoms with Crippen molar-refractivity contribution in [3.05, 3.63) is 84.4 Å². The van der Waals surface area contributed by atoms with Crippen LogP contribution in [0.1, 0.15) is 17.3 Å². The summed E-state index contributed by atoms with van der Waals surface area (Å²) >= 11 is 0. The van der Waals surface area contributed by atoms with Gasteiger partial charge in [-0.05, 0) is 55.5 Å². The highest BCUT2D eigenvalue weighted by molar-refractivity contribution is 7.92. The van der Waals surface area contributed by atoms with Gasteiger partial charge in [0.25, 0.3) is 10.0 Å². The number of carbonyl (C=O) groups excluding carboxylic acids is 1. The molecule has 0 unspecified atom stereocenters. The number of carbonyl (C=O) groups is 1. The molecule has 0 aliphatic carbocycles. The van der Waals surface area contributed by atoms with E-state index >= 15 is 0 Å². The Kier molecular flexibility index (Phi) is 5.96. The third kappa shape index (κ3) is 4.69. The average Bonchev–Trinajstić information content (AvgIpc) is 2.70. The van der Waals surface area contributed by atoms with E-state index < -0.39 is 16.0 Å². The molecule has 3 aromatic carbocycles. The number of anilines is 3. The SMILES string of the molecule is CCOC(=O)c1ccccc1Nc1ccc(NS(=O)(=O)c2ccccc2)cc1. The van der Waals surface area contributed by atoms with Crippen LogP contribution in [0, 0.1) is 0 Å². The second-order valence-electron chi connectivity index (χ2n) is 5.89. The normalized spacial score (nSPS) is 10.9. The van der Waals surface area contributed by atoms with E-state index in [4.69, 9.17) is 4.74 Å². The molecule has 0 atom stereocenters. The highest BCUT2D eigenvalue weighted by Crippen LogP contribution is 2.24. The Morgan fingerprint density at radius 1 is 0.857 bits per heavy atom. The van der Waals surface area contributed by atoms with Crippen molar-refractivity contribution in [2.45, 2.75) is 11.8 Å². The Bertz CT molecular complexity index is 1050. The summed E-state index contributed by atoms with van der Waals surface area (Å²) in [7, 11) is -3.64. The summed E-state index contributed by atoms with van der Waals surface area (Å²) < 4.78 is 32.4. The zero-order valence-corrected chi connectivity index (χ0v) is 16.1. The molecule has 0 bridgehead atoms. The van der Waals surface area contributed by atoms with E-state index in [1.165, 1.54) is 12.1 Å². The molecule has 6 nitrogen and oxygen atoms in total. The Balaban J connectivity index is 1.75. The molecular weight excluding hydrogens is 376 g/mol. The number of sulfonamides is 1. The lowest BCUT2D eigenvalue weighted by molar-refractivity contribution is 0.0527. The van der Waals surface area contributed by atoms with Gasteiger partial charge in [-0.25, -0.2) is 13.2 Å². The van der Waals surface area contributed by atoms with Gasteiger partial charge in [0.2, 0.25) is 0 Å². The Hall–Kier alpha value is -3.32. The largest absolute Gasteiger partial charge is 0.462 e. The highest BCUT2D eigenvalue weighted by Gasteiger charge is 2.14. The first-order valence-electron chi connectivity index (χ1n) is 8.71. The molecule has 0 saturated heterocycles. The van der Waals surface area contributed by atoms with Gasteiger partial charge in [0.05, 0.1) is 22.8 Å². The predicted octanol–water partition coefficient (Wildman–Crippen LogP) is 4.41. The summed E-state index contributed by atoms with van der Waals surface area (Å²) in [5.41, 5.74) is 2.18. The molecule has 0 saturated carbocycles. The van der Waals surface area contributed by atoms with E-state index in [0.29, 0.717) is 29.2 Å². The van der Waals surface area contributed by atoms with Crippen molar-refractivity contribution in [1.29, 1.82) is 0 Å². The first-order valence-corrected chi connectivity index (χ1v) is 10.2. The summed E-state index contributed by atoms with van der Waals surface area (Å²) in [5, 5.41) is 3.16. The fraction of sp³-hybridized carbons (Fsp3) is 0.0952. The fourth-order valence-corrected chi connectivity index (χ4v) is 3.65. The van der Waals surface area contributed by atoms with Gasteiger partial charge in [0.1, 0.15) is 0 Å². The number of para-hydroxylation sites is 1. The first-order chi connectivity index (χ1) is 13.5. The van der Waals surface area contributed by atoms with Crippen molar-refractivity contribution >= 4 is 33.1 Å². The monoisotopic (exact) mass is 396 g/mol. The highest BCUT2D eigenvalue weighted by atomic mass is 32.2. The average molecular weight is 396 g/mol. The number of hydrogen-bond acceptors (Lipinski definition) is 5. The van der Waals surface area contributed by atoms with Gasteiger partial charge in [0.15, 0.2) is 0 Å². The van der Waals surface area contributed by atoms with Crippen molar-refractivity contribution in [1.82, 2.24) is 0 Å². The molecule has 28 heavy (non-hydrogen) atoms. The molecule has 0 radical (unpaired) electrons. The molecule has 0 heterocycles. The van der Waals surface area contributed by atoms with Gasteiger partial charge in [0, 0.05) is 11.4 Å². The van der Waals surface area contributed by atoms with Crippen molar-refractivity contribution in [2.24, 2.45) is 0 Å². The number of rotatable bonds is 7. The zero-order valence-electron chi connectivity index (χ0n) is 15.3. The molecule has 3 aromatic rings. The minimum absolute atomic E-state index is 0.195. The van der Waals surface area contributed by atoms with E-state index in [1.54, 1.807) is 67.6 Å². The van der Waals surface area contributed by atoms with E-state index in [2.05, 4.69) is 10.0 Å². The Morgan fingerprint density at radius 3 is 2.14 bits per heavy atom. The lowest BCUT2D eigenvalue weighted by Gasteiger charge is -2.12. The Labute approximate surface area is 164 Å². The molecule has 2 N–H and O–H groups in total. The van der Waals surface area contributed by atoms with Crippen molar-refractivity contribution < 1.29 is 17.9 Å². The topological polar surface area (TPSA) is 84.5 Å². The molecule has 7 heteroatoms. The molecule has 144 valence electrons. The summed E-state index contributed by atoms with van der Waals surface area (Å²) in [6, 6.07) is 21.9. The Morgan fingerprint density at radius 2 is 1.46 bits per heavy atom. The van der Waals surface area contributed by atoms with Crippen molar-refractivity contribution in [2.75, 3.05) is 16.6 Å². The molecular formula is C21H20N2O4S. The number of nitrogens with one attached hydrogen (secondary N) is 2. The van der Waals surface area contributed by atoms with Crippen LogP contribution >= 0.6 is 0 Å². The molecule has 3 rings (SSSR count). The van der Waals surface area contributed by atoms with Crippen LogP contribution in [0.5, 0.6) is 0 Å². The fourth-order valence-electron chi connectivity index (χ4n) is 2.57. The number of esters is 1. The molecule has 0 aliphatic heterocycles. The molecule has 0 aromatic heterocycles. The van der Waals surface area contributed by atoms with Gasteiger partial charge in [-0.1, -0.05) is 30.3 Å². The van der Waals surface area contributed by atoms with Gasteiger partial charge < -0.3 is 10.1 Å². The standard InChI is InChI=1S/C21H20N2O4S/c1-2-27-21(24)19-10-6-7-11-20(19)22-16-12-14-17(15-13-16)23-28(25,26)18-8-4-3-5-9-18/h3-15,22-23H,2H2,1H3. The summed E-state index contributed by atoms with van der Waals surface area (Å²) in [5.74, 6) is -0.405. The third-order valence-corrected chi connectivity index (χ3v) is 5.29. The van der Waals surface area contributed by atoms with Crippen LogP contribution in [-0.2, 0) is 14.8 Å². The molecule has 0 fully saturated rings. The quantitative estimate of drug-likeness (QED) is 0.578. The van der Waals surface area contributed by atoms with Crippen LogP contribution in [0.2, 0.25) is 0 Å². The van der Waals surface area contributed by atoms with E-state index in [-0.39, 0.29) is 4.90 Å². The smallest absolute Gasteiger partial charge is 0.340 e. The first kappa shape index (κ1) is 19.4. The minimum atomic E-state index is -3.64. The van der Waals surface area contributed by atoms with E-state index in [1.807, 2.05) is 6.07 Å². The number of benzene rings is 3. The maximum absolute atomic E-state index is 12.4. The number of ether oxygens (including phenoxy) is 1. The van der Waals surface area contributed by atoms with Crippen LogP contribution in [0.15, 0.2) is 83.8 Å². The molecule has 0 amide bonds. The summed E-state index contributed by atoms with van der Waals surface area (Å²) in [4.78, 5) is 12.3. The van der Waals surface area contributed by atoms with Crippen LogP contribution in [0.4, 0.5) is 17.1 Å². The second kappa shape index (κ2) is 8.58. The van der Waals surface area contributed by atoms with E-state index in [0.717, 1.165) is 0 Å². The van der Waals surface area contributed by atoms with Crippen LogP contribution in [0.3, 0.4) is 0 Å². The van der Waals surface area contributed by atoms with Crippen molar-refractivity contribution in [3.63, 3.8) is 0 Å². The van der Waals surface area contributed by atoms with E-state index in [9.17, 15) is 13.2 Å². The maximum atomic E-state index is 12.4. The van der Waals surface area contributed by atoms with Gasteiger partial charge >= 0.3 is 5.97 Å². The van der Waals surface area contributed by atoms with Gasteiger partial charge in [-0.15, -0.1) is 0 Å². The number of hydrogen-bond donors (Lipinski definition) is 2. The lowest BCUT2D eigenvalue weighted by atomic mass is 10.1. The molecule has 0 spiro atoms. The van der Waals surface area contributed by atoms with Crippen molar-refractivity contribution in [3.8, 4) is 0 Å². The minimum Gasteiger partial charge on any atom is -0.462 e. The maximum Gasteiger partial charge on any atom is 0.340 e. The predicted molar refractivity (Wildman–Crippen MR) is 109 cm³/mol.